The first-order valence-corrected chi connectivity index (χ1v) is 11.2. The zero-order valence-corrected chi connectivity index (χ0v) is 17.3. The Hall–Kier alpha value is -0.120. The molecule has 1 atom stereocenters. The molecule has 0 aliphatic rings. The summed E-state index contributed by atoms with van der Waals surface area (Å²) in [4.78, 5) is 12.3. The number of carbonyl (C=O) groups excluding carboxylic acids is 1. The Bertz CT molecular complexity index is 274. The van der Waals surface area contributed by atoms with E-state index in [9.17, 15) is 9.18 Å². The molecule has 0 aliphatic carbocycles. The standard InChI is InChI=1S/C20H38BrFO2/c1-2-3-14-19(15-10-6-8-12-17-22)20(23)24-18-13-9-5-4-7-11-16-21/h19H,2-18H2,1H3. The van der Waals surface area contributed by atoms with Crippen molar-refractivity contribution in [2.45, 2.75) is 96.8 Å². The molecule has 4 heteroatoms. The van der Waals surface area contributed by atoms with Gasteiger partial charge in [0.05, 0.1) is 19.2 Å². The van der Waals surface area contributed by atoms with Gasteiger partial charge in [-0.05, 0) is 32.1 Å². The van der Waals surface area contributed by atoms with Gasteiger partial charge in [0.1, 0.15) is 0 Å². The van der Waals surface area contributed by atoms with E-state index in [0.29, 0.717) is 13.0 Å². The molecule has 0 aromatic rings. The van der Waals surface area contributed by atoms with Crippen molar-refractivity contribution in [1.82, 2.24) is 0 Å². The lowest BCUT2D eigenvalue weighted by Crippen LogP contribution is -2.18. The fraction of sp³-hybridized carbons (Fsp3) is 0.950. The number of alkyl halides is 2. The van der Waals surface area contributed by atoms with Crippen molar-refractivity contribution in [2.24, 2.45) is 5.92 Å². The highest BCUT2D eigenvalue weighted by Crippen LogP contribution is 2.19. The quantitative estimate of drug-likeness (QED) is 0.139. The van der Waals surface area contributed by atoms with E-state index in [4.69, 9.17) is 4.74 Å². The largest absolute Gasteiger partial charge is 0.465 e. The number of hydrogen-bond donors (Lipinski definition) is 0. The molecule has 1 unspecified atom stereocenters. The molecule has 0 saturated carbocycles. The molecule has 0 aliphatic heterocycles. The first-order chi connectivity index (χ1) is 11.8. The molecule has 144 valence electrons. The van der Waals surface area contributed by atoms with Crippen LogP contribution in [-0.4, -0.2) is 24.6 Å². The fourth-order valence-corrected chi connectivity index (χ4v) is 3.26. The van der Waals surface area contributed by atoms with Crippen LogP contribution in [0.3, 0.4) is 0 Å². The van der Waals surface area contributed by atoms with Gasteiger partial charge < -0.3 is 4.74 Å². The number of halogens is 2. The third kappa shape index (κ3) is 15.4. The van der Waals surface area contributed by atoms with Gasteiger partial charge in [0.2, 0.25) is 0 Å². The number of ether oxygens (including phenoxy) is 1. The number of unbranched alkanes of at least 4 members (excludes halogenated alkanes) is 9. The normalized spacial score (nSPS) is 12.3. The van der Waals surface area contributed by atoms with E-state index in [0.717, 1.165) is 63.1 Å². The van der Waals surface area contributed by atoms with Gasteiger partial charge in [-0.3, -0.25) is 9.18 Å². The highest BCUT2D eigenvalue weighted by Gasteiger charge is 2.18. The molecular formula is C20H38BrFO2. The van der Waals surface area contributed by atoms with Crippen LogP contribution in [0.2, 0.25) is 0 Å². The molecule has 0 aromatic heterocycles. The Morgan fingerprint density at radius 3 is 2.12 bits per heavy atom. The number of rotatable bonds is 18. The van der Waals surface area contributed by atoms with Crippen LogP contribution in [0.1, 0.15) is 96.8 Å². The third-order valence-corrected chi connectivity index (χ3v) is 5.01. The van der Waals surface area contributed by atoms with Crippen molar-refractivity contribution < 1.29 is 13.9 Å². The Kier molecular flexibility index (Phi) is 19.1. The molecule has 0 N–H and O–H groups in total. The van der Waals surface area contributed by atoms with Gasteiger partial charge in [-0.15, -0.1) is 0 Å². The molecule has 0 heterocycles. The minimum Gasteiger partial charge on any atom is -0.465 e. The molecule has 0 bridgehead atoms. The lowest BCUT2D eigenvalue weighted by Gasteiger charge is -2.15. The predicted octanol–water partition coefficient (Wildman–Crippen LogP) is 6.99. The van der Waals surface area contributed by atoms with Gasteiger partial charge in [0.15, 0.2) is 0 Å². The lowest BCUT2D eigenvalue weighted by molar-refractivity contribution is -0.149. The van der Waals surface area contributed by atoms with Crippen LogP contribution in [0.4, 0.5) is 4.39 Å². The third-order valence-electron chi connectivity index (χ3n) is 4.45. The monoisotopic (exact) mass is 408 g/mol. The second-order valence-corrected chi connectivity index (χ2v) is 7.50. The average Bonchev–Trinajstić information content (AvgIpc) is 2.59. The smallest absolute Gasteiger partial charge is 0.308 e. The first kappa shape index (κ1) is 23.9. The van der Waals surface area contributed by atoms with Crippen LogP contribution in [0.5, 0.6) is 0 Å². The van der Waals surface area contributed by atoms with Crippen molar-refractivity contribution in [2.75, 3.05) is 18.6 Å². The summed E-state index contributed by atoms with van der Waals surface area (Å²) in [6, 6.07) is 0. The maximum Gasteiger partial charge on any atom is 0.308 e. The van der Waals surface area contributed by atoms with Crippen molar-refractivity contribution in [3.05, 3.63) is 0 Å². The molecule has 24 heavy (non-hydrogen) atoms. The van der Waals surface area contributed by atoms with Crippen LogP contribution in [0, 0.1) is 5.92 Å². The Labute approximate surface area is 157 Å². The predicted molar refractivity (Wildman–Crippen MR) is 105 cm³/mol. The van der Waals surface area contributed by atoms with Crippen molar-refractivity contribution >= 4 is 21.9 Å². The molecule has 0 radical (unpaired) electrons. The van der Waals surface area contributed by atoms with Crippen LogP contribution >= 0.6 is 15.9 Å². The van der Waals surface area contributed by atoms with E-state index in [1.807, 2.05) is 0 Å². The van der Waals surface area contributed by atoms with Crippen molar-refractivity contribution in [1.29, 1.82) is 0 Å². The summed E-state index contributed by atoms with van der Waals surface area (Å²) in [7, 11) is 0. The van der Waals surface area contributed by atoms with Crippen LogP contribution in [0.25, 0.3) is 0 Å². The molecule has 0 rings (SSSR count). The highest BCUT2D eigenvalue weighted by atomic mass is 79.9. The number of hydrogen-bond acceptors (Lipinski definition) is 2. The molecule has 0 amide bonds. The second kappa shape index (κ2) is 19.2. The maximum absolute atomic E-state index is 12.3. The molecule has 0 fully saturated rings. The Morgan fingerprint density at radius 1 is 0.875 bits per heavy atom. The van der Waals surface area contributed by atoms with Gasteiger partial charge in [-0.25, -0.2) is 0 Å². The van der Waals surface area contributed by atoms with E-state index in [-0.39, 0.29) is 18.6 Å². The molecular weight excluding hydrogens is 371 g/mol. The van der Waals surface area contributed by atoms with E-state index in [1.165, 1.54) is 25.7 Å². The van der Waals surface area contributed by atoms with E-state index in [2.05, 4.69) is 22.9 Å². The molecule has 0 saturated heterocycles. The number of esters is 1. The zero-order chi connectivity index (χ0) is 17.9. The second-order valence-electron chi connectivity index (χ2n) is 6.71. The average molecular weight is 409 g/mol. The minimum atomic E-state index is -0.225. The summed E-state index contributed by atoms with van der Waals surface area (Å²) in [5, 5.41) is 1.09. The summed E-state index contributed by atoms with van der Waals surface area (Å²) < 4.78 is 17.6. The van der Waals surface area contributed by atoms with Gasteiger partial charge in [-0.2, -0.15) is 0 Å². The Morgan fingerprint density at radius 2 is 1.46 bits per heavy atom. The maximum atomic E-state index is 12.3. The first-order valence-electron chi connectivity index (χ1n) is 10.0. The minimum absolute atomic E-state index is 0.00627. The van der Waals surface area contributed by atoms with E-state index < -0.39 is 0 Å². The summed E-state index contributed by atoms with van der Waals surface area (Å²) in [6.45, 7) is 2.50. The van der Waals surface area contributed by atoms with Gasteiger partial charge in [0, 0.05) is 5.33 Å². The van der Waals surface area contributed by atoms with Crippen LogP contribution in [0.15, 0.2) is 0 Å². The fourth-order valence-electron chi connectivity index (χ4n) is 2.86. The van der Waals surface area contributed by atoms with E-state index in [1.54, 1.807) is 0 Å². The Balaban J connectivity index is 3.78. The van der Waals surface area contributed by atoms with Crippen LogP contribution < -0.4 is 0 Å². The molecule has 2 nitrogen and oxygen atoms in total. The van der Waals surface area contributed by atoms with Crippen molar-refractivity contribution in [3.63, 3.8) is 0 Å². The summed E-state index contributed by atoms with van der Waals surface area (Å²) in [5.41, 5.74) is 0. The number of carbonyl (C=O) groups is 1. The summed E-state index contributed by atoms with van der Waals surface area (Å²) in [5.74, 6) is 0.0440. The highest BCUT2D eigenvalue weighted by molar-refractivity contribution is 9.09. The molecule has 0 spiro atoms. The van der Waals surface area contributed by atoms with Crippen LogP contribution in [-0.2, 0) is 9.53 Å². The topological polar surface area (TPSA) is 26.3 Å². The summed E-state index contributed by atoms with van der Waals surface area (Å²) in [6.07, 6.45) is 14.8. The molecule has 0 aromatic carbocycles. The lowest BCUT2D eigenvalue weighted by atomic mass is 9.95. The summed E-state index contributed by atoms with van der Waals surface area (Å²) >= 11 is 3.45. The van der Waals surface area contributed by atoms with Gasteiger partial charge in [-0.1, -0.05) is 80.6 Å². The zero-order valence-electron chi connectivity index (χ0n) is 15.7. The SMILES string of the molecule is CCCCC(CCCCCCF)C(=O)OCCCCCCCCBr. The van der Waals surface area contributed by atoms with Gasteiger partial charge >= 0.3 is 5.97 Å². The van der Waals surface area contributed by atoms with E-state index >= 15 is 0 Å². The van der Waals surface area contributed by atoms with Gasteiger partial charge in [0.25, 0.3) is 0 Å². The van der Waals surface area contributed by atoms with Crippen molar-refractivity contribution in [3.8, 4) is 0 Å².